The normalized spacial score (nSPS) is 14.8. The van der Waals surface area contributed by atoms with Crippen LogP contribution in [0, 0.1) is 11.7 Å². The first kappa shape index (κ1) is 26.6. The molecule has 36 heavy (non-hydrogen) atoms. The standard InChI is InChI=1S/C23H31FN8O4/c1-31-9-5-14(6-10-31)11-29-21-20(27-7-8-28-21)22(33)30-12-15-17(3-4-18(36-2)19(15)24)32(26)13-16(25)23(34)35/h3-4,7-8,13-14H,5-6,9-12,25-26H2,1-2H3,(H,28,29)(H,30,33)(H,34,35)/b16-13-. The van der Waals surface area contributed by atoms with E-state index >= 15 is 4.39 Å². The molecule has 0 atom stereocenters. The number of rotatable bonds is 10. The van der Waals surface area contributed by atoms with Crippen LogP contribution in [0.1, 0.15) is 28.9 Å². The van der Waals surface area contributed by atoms with Crippen molar-refractivity contribution in [2.75, 3.05) is 44.1 Å². The molecule has 1 aromatic heterocycles. The number of hydrogen-bond acceptors (Lipinski definition) is 10. The Morgan fingerprint density at radius 3 is 2.67 bits per heavy atom. The number of ether oxygens (including phenoxy) is 1. The number of nitrogens with zero attached hydrogens (tertiary/aromatic N) is 4. The van der Waals surface area contributed by atoms with E-state index in [9.17, 15) is 9.59 Å². The molecule has 0 saturated carbocycles. The van der Waals surface area contributed by atoms with E-state index in [1.165, 1.54) is 31.6 Å². The minimum atomic E-state index is -1.39. The van der Waals surface area contributed by atoms with Crippen molar-refractivity contribution in [1.82, 2.24) is 20.2 Å². The Kier molecular flexibility index (Phi) is 8.97. The SMILES string of the molecule is COc1ccc(N(N)/C=C(\N)C(=O)O)c(CNC(=O)c2nccnc2NCC2CCN(C)CC2)c1F. The Bertz CT molecular complexity index is 1120. The predicted molar refractivity (Wildman–Crippen MR) is 131 cm³/mol. The lowest BCUT2D eigenvalue weighted by Gasteiger charge is -2.29. The number of carbonyl (C=O) groups excluding carboxylic acids is 1. The molecule has 1 fully saturated rings. The molecule has 1 aromatic carbocycles. The van der Waals surface area contributed by atoms with Crippen LogP contribution in [0.15, 0.2) is 36.4 Å². The summed E-state index contributed by atoms with van der Waals surface area (Å²) in [4.78, 5) is 34.7. The summed E-state index contributed by atoms with van der Waals surface area (Å²) in [5.41, 5.74) is 4.99. The van der Waals surface area contributed by atoms with Crippen LogP contribution in [0.2, 0.25) is 0 Å². The number of carbonyl (C=O) groups is 2. The number of hydrogen-bond donors (Lipinski definition) is 5. The molecule has 1 amide bonds. The Balaban J connectivity index is 1.76. The lowest BCUT2D eigenvalue weighted by atomic mass is 9.97. The van der Waals surface area contributed by atoms with E-state index in [1.54, 1.807) is 0 Å². The van der Waals surface area contributed by atoms with Crippen LogP contribution in [-0.2, 0) is 11.3 Å². The summed E-state index contributed by atoms with van der Waals surface area (Å²) in [5, 5.41) is 15.7. The number of piperidine rings is 1. The summed E-state index contributed by atoms with van der Waals surface area (Å²) >= 11 is 0. The van der Waals surface area contributed by atoms with E-state index in [0.717, 1.165) is 37.1 Å². The topological polar surface area (TPSA) is 172 Å². The monoisotopic (exact) mass is 502 g/mol. The van der Waals surface area contributed by atoms with Gasteiger partial charge in [0.05, 0.1) is 19.0 Å². The number of likely N-dealkylation sites (tertiary alicyclic amines) is 1. The average Bonchev–Trinajstić information content (AvgIpc) is 2.87. The van der Waals surface area contributed by atoms with Crippen molar-refractivity contribution in [3.05, 3.63) is 53.5 Å². The van der Waals surface area contributed by atoms with E-state index in [2.05, 4.69) is 32.5 Å². The first-order valence-electron chi connectivity index (χ1n) is 11.3. The molecular formula is C23H31FN8O4. The summed E-state index contributed by atoms with van der Waals surface area (Å²) in [6, 6.07) is 2.75. The number of hydrazine groups is 1. The number of aromatic nitrogens is 2. The van der Waals surface area contributed by atoms with Crippen LogP contribution in [-0.4, -0.2) is 65.6 Å². The number of benzene rings is 1. The fraction of sp³-hybridized carbons (Fsp3) is 0.391. The second-order valence-electron chi connectivity index (χ2n) is 8.44. The lowest BCUT2D eigenvalue weighted by molar-refractivity contribution is -0.132. The molecule has 0 bridgehead atoms. The third kappa shape index (κ3) is 6.58. The molecular weight excluding hydrogens is 471 g/mol. The van der Waals surface area contributed by atoms with Crippen LogP contribution in [0.25, 0.3) is 0 Å². The molecule has 194 valence electrons. The number of amides is 1. The maximum absolute atomic E-state index is 15.1. The minimum absolute atomic E-state index is 0.0376. The molecule has 12 nitrogen and oxygen atoms in total. The molecule has 1 saturated heterocycles. The summed E-state index contributed by atoms with van der Waals surface area (Å²) in [7, 11) is 3.39. The molecule has 0 unspecified atom stereocenters. The van der Waals surface area contributed by atoms with Gasteiger partial charge in [-0.1, -0.05) is 0 Å². The van der Waals surface area contributed by atoms with Crippen molar-refractivity contribution in [2.24, 2.45) is 17.5 Å². The fourth-order valence-corrected chi connectivity index (χ4v) is 3.82. The van der Waals surface area contributed by atoms with Gasteiger partial charge in [-0.25, -0.2) is 25.0 Å². The van der Waals surface area contributed by atoms with Gasteiger partial charge >= 0.3 is 5.97 Å². The average molecular weight is 503 g/mol. The highest BCUT2D eigenvalue weighted by Crippen LogP contribution is 2.29. The quantitative estimate of drug-likeness (QED) is 0.177. The molecule has 2 heterocycles. The third-order valence-electron chi connectivity index (χ3n) is 5.94. The van der Waals surface area contributed by atoms with Crippen molar-refractivity contribution < 1.29 is 23.8 Å². The Hall–Kier alpha value is -3.97. The van der Waals surface area contributed by atoms with Gasteiger partial charge in [0.2, 0.25) is 0 Å². The molecule has 2 aromatic rings. The summed E-state index contributed by atoms with van der Waals surface area (Å²) in [5.74, 6) is 3.88. The number of nitrogens with two attached hydrogens (primary N) is 2. The van der Waals surface area contributed by atoms with Crippen LogP contribution in [0.5, 0.6) is 5.75 Å². The van der Waals surface area contributed by atoms with Gasteiger partial charge in [0, 0.05) is 31.0 Å². The number of nitrogens with one attached hydrogen (secondary N) is 2. The number of carboxylic acids is 1. The number of anilines is 2. The highest BCUT2D eigenvalue weighted by molar-refractivity contribution is 5.96. The van der Waals surface area contributed by atoms with E-state index in [4.69, 9.17) is 21.4 Å². The van der Waals surface area contributed by atoms with Crippen LogP contribution >= 0.6 is 0 Å². The molecule has 0 aliphatic carbocycles. The zero-order valence-electron chi connectivity index (χ0n) is 20.2. The van der Waals surface area contributed by atoms with Crippen molar-refractivity contribution in [1.29, 1.82) is 0 Å². The van der Waals surface area contributed by atoms with Gasteiger partial charge in [-0.05, 0) is 51.0 Å². The van der Waals surface area contributed by atoms with Crippen LogP contribution < -0.4 is 32.0 Å². The maximum atomic E-state index is 15.1. The summed E-state index contributed by atoms with van der Waals surface area (Å²) in [6.45, 7) is 2.39. The van der Waals surface area contributed by atoms with E-state index < -0.39 is 23.4 Å². The Labute approximate surface area is 208 Å². The second-order valence-corrected chi connectivity index (χ2v) is 8.44. The molecule has 1 aliphatic heterocycles. The maximum Gasteiger partial charge on any atom is 0.353 e. The van der Waals surface area contributed by atoms with Crippen molar-refractivity contribution >= 4 is 23.4 Å². The molecule has 7 N–H and O–H groups in total. The smallest absolute Gasteiger partial charge is 0.353 e. The number of aliphatic carboxylic acids is 1. The minimum Gasteiger partial charge on any atom is -0.494 e. The van der Waals surface area contributed by atoms with Crippen molar-refractivity contribution in [3.8, 4) is 5.75 Å². The van der Waals surface area contributed by atoms with Gasteiger partial charge in [-0.3, -0.25) is 9.80 Å². The highest BCUT2D eigenvalue weighted by Gasteiger charge is 2.22. The van der Waals surface area contributed by atoms with Gasteiger partial charge in [-0.15, -0.1) is 0 Å². The first-order chi connectivity index (χ1) is 17.2. The van der Waals surface area contributed by atoms with Crippen molar-refractivity contribution in [3.63, 3.8) is 0 Å². The number of halogens is 1. The van der Waals surface area contributed by atoms with Crippen LogP contribution in [0.4, 0.5) is 15.9 Å². The van der Waals surface area contributed by atoms with Gasteiger partial charge in [-0.2, -0.15) is 0 Å². The predicted octanol–water partition coefficient (Wildman–Crippen LogP) is 0.873. The number of methoxy groups -OCH3 is 1. The molecule has 13 heteroatoms. The van der Waals surface area contributed by atoms with E-state index in [-0.39, 0.29) is 29.2 Å². The van der Waals surface area contributed by atoms with Gasteiger partial charge in [0.15, 0.2) is 23.1 Å². The van der Waals surface area contributed by atoms with E-state index in [1.807, 2.05) is 0 Å². The van der Waals surface area contributed by atoms with Crippen LogP contribution in [0.3, 0.4) is 0 Å². The number of carboxylic acid groups (broad SMARTS) is 1. The molecule has 0 spiro atoms. The summed E-state index contributed by atoms with van der Waals surface area (Å²) < 4.78 is 20.1. The zero-order chi connectivity index (χ0) is 26.2. The van der Waals surface area contributed by atoms with Gasteiger partial charge in [0.25, 0.3) is 5.91 Å². The molecule has 1 aliphatic rings. The van der Waals surface area contributed by atoms with Gasteiger partial charge in [0.1, 0.15) is 5.70 Å². The zero-order valence-corrected chi connectivity index (χ0v) is 20.2. The second kappa shape index (κ2) is 12.1. The van der Waals surface area contributed by atoms with Crippen molar-refractivity contribution in [2.45, 2.75) is 19.4 Å². The van der Waals surface area contributed by atoms with E-state index in [0.29, 0.717) is 18.3 Å². The molecule has 0 radical (unpaired) electrons. The third-order valence-corrected chi connectivity index (χ3v) is 5.94. The lowest BCUT2D eigenvalue weighted by Crippen LogP contribution is -2.33. The molecule has 3 rings (SSSR count). The highest BCUT2D eigenvalue weighted by atomic mass is 19.1. The Morgan fingerprint density at radius 1 is 1.31 bits per heavy atom. The fourth-order valence-electron chi connectivity index (χ4n) is 3.82. The Morgan fingerprint density at radius 2 is 2.00 bits per heavy atom. The summed E-state index contributed by atoms with van der Waals surface area (Å²) in [6.07, 6.45) is 5.90. The first-order valence-corrected chi connectivity index (χ1v) is 11.3. The largest absolute Gasteiger partial charge is 0.494 e. The van der Waals surface area contributed by atoms with Gasteiger partial charge < -0.3 is 31.1 Å².